The number of fused-ring (bicyclic) bond motifs is 6. The second-order valence-electron chi connectivity index (χ2n) is 11.3. The Morgan fingerprint density at radius 2 is 1.40 bits per heavy atom. The van der Waals surface area contributed by atoms with Crippen molar-refractivity contribution in [3.8, 4) is 39.3 Å². The zero-order valence-corrected chi connectivity index (χ0v) is 22.6. The first-order valence-corrected chi connectivity index (χ1v) is 13.9. The summed E-state index contributed by atoms with van der Waals surface area (Å²) < 4.78 is 2.44. The highest BCUT2D eigenvalue weighted by Gasteiger charge is 2.36. The van der Waals surface area contributed by atoms with E-state index in [4.69, 9.17) is 4.98 Å². The van der Waals surface area contributed by atoms with Crippen LogP contribution in [-0.4, -0.2) is 19.5 Å². The molecule has 0 saturated carbocycles. The lowest BCUT2D eigenvalue weighted by atomic mass is 9.82. The number of hydrogen-bond acceptors (Lipinski definition) is 3. The first-order chi connectivity index (χ1) is 19.6. The molecule has 2 aromatic carbocycles. The molecule has 0 bridgehead atoms. The Hall–Kier alpha value is -4.83. The number of rotatable bonds is 3. The van der Waals surface area contributed by atoms with Gasteiger partial charge in [-0.2, -0.15) is 0 Å². The molecule has 0 spiro atoms. The standard InChI is InChI=1S/C36H28N4/c1-36(2)30-13-5-3-11-26(30)28-20-35-29(19-31(28)36)27-12-4-6-14-34(27)40(35)25-17-32(23-9-7-15-37-21-23)39-33(18-25)24-10-8-16-38-22-24/h3,5,7-22H,4,6H2,1-2H3. The summed E-state index contributed by atoms with van der Waals surface area (Å²) in [7, 11) is 0. The van der Waals surface area contributed by atoms with Gasteiger partial charge < -0.3 is 4.57 Å². The Bertz CT molecular complexity index is 2010. The number of nitrogens with zero attached hydrogens (tertiary/aromatic N) is 4. The predicted octanol–water partition coefficient (Wildman–Crippen LogP) is 6.81. The number of pyridine rings is 3. The fraction of sp³-hybridized carbons (Fsp3) is 0.139. The van der Waals surface area contributed by atoms with Gasteiger partial charge in [-0.25, -0.2) is 4.98 Å². The van der Waals surface area contributed by atoms with Gasteiger partial charge >= 0.3 is 0 Å². The van der Waals surface area contributed by atoms with Crippen LogP contribution in [0.2, 0.25) is 0 Å². The molecular formula is C36H28N4. The molecule has 4 nitrogen and oxygen atoms in total. The van der Waals surface area contributed by atoms with Gasteiger partial charge in [0, 0.05) is 57.3 Å². The molecular weight excluding hydrogens is 488 g/mol. The zero-order valence-electron chi connectivity index (χ0n) is 22.6. The smallest absolute Gasteiger partial charge is 0.0745 e. The molecule has 4 heterocycles. The molecule has 2 aliphatic rings. The van der Waals surface area contributed by atoms with Crippen molar-refractivity contribution in [1.82, 2.24) is 19.5 Å². The van der Waals surface area contributed by atoms with E-state index in [9.17, 15) is 0 Å². The van der Waals surface area contributed by atoms with Crippen molar-refractivity contribution in [2.24, 2.45) is 0 Å². The Balaban J connectivity index is 1.47. The van der Waals surface area contributed by atoms with Crippen LogP contribution in [0.1, 0.15) is 37.8 Å². The number of aromatic nitrogens is 4. The second kappa shape index (κ2) is 8.59. The molecule has 0 N–H and O–H groups in total. The maximum Gasteiger partial charge on any atom is 0.0745 e. The molecule has 0 radical (unpaired) electrons. The summed E-state index contributed by atoms with van der Waals surface area (Å²) in [6.45, 7) is 4.71. The van der Waals surface area contributed by atoms with Crippen LogP contribution in [0.15, 0.2) is 97.6 Å². The predicted molar refractivity (Wildman–Crippen MR) is 163 cm³/mol. The molecule has 8 rings (SSSR count). The van der Waals surface area contributed by atoms with E-state index in [1.54, 1.807) is 12.4 Å². The molecule has 4 heteroatoms. The second-order valence-corrected chi connectivity index (χ2v) is 11.3. The summed E-state index contributed by atoms with van der Waals surface area (Å²) in [5, 5.41) is 3.91. The van der Waals surface area contributed by atoms with Gasteiger partial charge in [0.05, 0.1) is 22.6 Å². The maximum atomic E-state index is 5.07. The summed E-state index contributed by atoms with van der Waals surface area (Å²) >= 11 is 0. The van der Waals surface area contributed by atoms with Gasteiger partial charge in [0.1, 0.15) is 0 Å². The molecule has 192 valence electrons. The van der Waals surface area contributed by atoms with Crippen molar-refractivity contribution in [2.45, 2.75) is 32.1 Å². The largest absolute Gasteiger partial charge is 0.309 e. The Kier molecular flexibility index (Phi) is 4.96. The molecule has 0 aliphatic heterocycles. The van der Waals surface area contributed by atoms with Crippen LogP contribution in [0.5, 0.6) is 0 Å². The summed E-state index contributed by atoms with van der Waals surface area (Å²) in [5.74, 6) is 0. The lowest BCUT2D eigenvalue weighted by molar-refractivity contribution is 0.661. The average molecular weight is 517 g/mol. The van der Waals surface area contributed by atoms with Crippen LogP contribution >= 0.6 is 0 Å². The van der Waals surface area contributed by atoms with Gasteiger partial charge in [-0.1, -0.05) is 50.3 Å². The summed E-state index contributed by atoms with van der Waals surface area (Å²) in [6, 6.07) is 26.2. The van der Waals surface area contributed by atoms with E-state index in [0.717, 1.165) is 41.0 Å². The fourth-order valence-electron chi connectivity index (χ4n) is 6.64. The topological polar surface area (TPSA) is 43.6 Å². The SMILES string of the molecule is CC1(C)c2ccccc2-c2cc3c(cc21)c1c(n3-c2cc(-c3cccnc3)nc(-c3cccnc3)c2)=CCCC=1. The Morgan fingerprint density at radius 1 is 0.700 bits per heavy atom. The highest BCUT2D eigenvalue weighted by atomic mass is 15.0. The van der Waals surface area contributed by atoms with Gasteiger partial charge in [-0.15, -0.1) is 0 Å². The molecule has 0 atom stereocenters. The molecule has 2 aliphatic carbocycles. The fourth-order valence-corrected chi connectivity index (χ4v) is 6.64. The van der Waals surface area contributed by atoms with Gasteiger partial charge in [0.2, 0.25) is 0 Å². The van der Waals surface area contributed by atoms with E-state index in [-0.39, 0.29) is 5.41 Å². The van der Waals surface area contributed by atoms with Crippen LogP contribution in [0, 0.1) is 0 Å². The molecule has 0 unspecified atom stereocenters. The minimum Gasteiger partial charge on any atom is -0.309 e. The quantitative estimate of drug-likeness (QED) is 0.260. The highest BCUT2D eigenvalue weighted by molar-refractivity contribution is 5.94. The molecule has 0 saturated heterocycles. The molecule has 0 fully saturated rings. The van der Waals surface area contributed by atoms with E-state index in [2.05, 4.69) is 101 Å². The van der Waals surface area contributed by atoms with E-state index in [1.807, 2.05) is 24.5 Å². The van der Waals surface area contributed by atoms with Crippen molar-refractivity contribution in [2.75, 3.05) is 0 Å². The van der Waals surface area contributed by atoms with Crippen molar-refractivity contribution in [1.29, 1.82) is 0 Å². The van der Waals surface area contributed by atoms with Crippen LogP contribution < -0.4 is 10.6 Å². The maximum absolute atomic E-state index is 5.07. The van der Waals surface area contributed by atoms with Gasteiger partial charge in [-0.3, -0.25) is 9.97 Å². The third-order valence-corrected chi connectivity index (χ3v) is 8.58. The molecule has 40 heavy (non-hydrogen) atoms. The molecule has 6 aromatic rings. The van der Waals surface area contributed by atoms with E-state index < -0.39 is 0 Å². The van der Waals surface area contributed by atoms with Crippen LogP contribution in [-0.2, 0) is 5.41 Å². The van der Waals surface area contributed by atoms with E-state index in [1.165, 1.54) is 43.7 Å². The minimum absolute atomic E-state index is 0.0366. The first-order valence-electron chi connectivity index (χ1n) is 13.9. The van der Waals surface area contributed by atoms with E-state index >= 15 is 0 Å². The minimum atomic E-state index is -0.0366. The summed E-state index contributed by atoms with van der Waals surface area (Å²) in [6.07, 6.45) is 14.3. The van der Waals surface area contributed by atoms with Crippen LogP contribution in [0.3, 0.4) is 0 Å². The number of hydrogen-bond donors (Lipinski definition) is 0. The molecule has 0 amide bonds. The first kappa shape index (κ1) is 23.1. The number of benzene rings is 2. The van der Waals surface area contributed by atoms with E-state index in [0.29, 0.717) is 0 Å². The summed E-state index contributed by atoms with van der Waals surface area (Å²) in [5.41, 5.74) is 11.5. The normalized spacial score (nSPS) is 14.7. The van der Waals surface area contributed by atoms with Crippen LogP contribution in [0.25, 0.3) is 62.4 Å². The van der Waals surface area contributed by atoms with Crippen molar-refractivity contribution >= 4 is 23.1 Å². The lowest BCUT2D eigenvalue weighted by Gasteiger charge is -2.21. The van der Waals surface area contributed by atoms with Crippen molar-refractivity contribution < 1.29 is 0 Å². The highest BCUT2D eigenvalue weighted by Crippen LogP contribution is 2.49. The third kappa shape index (κ3) is 3.35. The van der Waals surface area contributed by atoms with Gasteiger partial charge in [0.25, 0.3) is 0 Å². The van der Waals surface area contributed by atoms with Crippen molar-refractivity contribution in [3.63, 3.8) is 0 Å². The zero-order chi connectivity index (χ0) is 26.8. The summed E-state index contributed by atoms with van der Waals surface area (Å²) in [4.78, 5) is 13.8. The monoisotopic (exact) mass is 516 g/mol. The lowest BCUT2D eigenvalue weighted by Crippen LogP contribution is -2.30. The average Bonchev–Trinajstić information content (AvgIpc) is 3.45. The Labute approximate surface area is 233 Å². The Morgan fingerprint density at radius 3 is 2.10 bits per heavy atom. The third-order valence-electron chi connectivity index (χ3n) is 8.58. The van der Waals surface area contributed by atoms with Crippen molar-refractivity contribution in [3.05, 3.63) is 119 Å². The molecule has 4 aromatic heterocycles. The van der Waals surface area contributed by atoms with Crippen LogP contribution in [0.4, 0.5) is 0 Å². The van der Waals surface area contributed by atoms with Gasteiger partial charge in [-0.05, 0) is 83.6 Å². The van der Waals surface area contributed by atoms with Gasteiger partial charge in [0.15, 0.2) is 0 Å².